The first-order chi connectivity index (χ1) is 4.90. The topological polar surface area (TPSA) is 43.8 Å². The van der Waals surface area contributed by atoms with Crippen molar-refractivity contribution in [3.05, 3.63) is 18.2 Å². The summed E-state index contributed by atoms with van der Waals surface area (Å²) in [6.45, 7) is 1.84. The molecule has 3 nitrogen and oxygen atoms in total. The number of fused-ring (bicyclic) bond motifs is 1. The first-order valence-corrected chi connectivity index (χ1v) is 3.60. The molecule has 0 aliphatic carbocycles. The highest BCUT2D eigenvalue weighted by molar-refractivity contribution is 5.85. The molecule has 0 fully saturated rings. The zero-order chi connectivity index (χ0) is 6.97. The van der Waals surface area contributed by atoms with Gasteiger partial charge in [-0.15, -0.1) is 24.8 Å². The zero-order valence-electron chi connectivity index (χ0n) is 6.64. The average Bonchev–Trinajstić information content (AvgIpc) is 2.42. The minimum atomic E-state index is 0. The summed E-state index contributed by atoms with van der Waals surface area (Å²) in [5, 5.41) is 0. The van der Waals surface area contributed by atoms with Crippen LogP contribution in [-0.4, -0.2) is 16.1 Å². The van der Waals surface area contributed by atoms with Crippen molar-refractivity contribution in [2.45, 2.75) is 13.0 Å². The lowest BCUT2D eigenvalue weighted by atomic mass is 10.1. The SMILES string of the molecule is Cl.Cl.NCC1Cc2nccn2C1. The summed E-state index contributed by atoms with van der Waals surface area (Å²) in [6.07, 6.45) is 4.93. The van der Waals surface area contributed by atoms with Gasteiger partial charge in [0.25, 0.3) is 0 Å². The van der Waals surface area contributed by atoms with Gasteiger partial charge in [0.1, 0.15) is 5.82 Å². The van der Waals surface area contributed by atoms with Crippen molar-refractivity contribution in [3.63, 3.8) is 0 Å². The first-order valence-electron chi connectivity index (χ1n) is 3.60. The Hall–Kier alpha value is -0.250. The standard InChI is InChI=1S/C7H11N3.2ClH/c8-4-6-3-7-9-1-2-10(7)5-6;;/h1-2,6H,3-5,8H2;2*1H. The van der Waals surface area contributed by atoms with Gasteiger partial charge in [0.05, 0.1) is 0 Å². The second kappa shape index (κ2) is 4.70. The fourth-order valence-electron chi connectivity index (χ4n) is 1.46. The Morgan fingerprint density at radius 3 is 2.92 bits per heavy atom. The maximum atomic E-state index is 5.53. The highest BCUT2D eigenvalue weighted by atomic mass is 35.5. The van der Waals surface area contributed by atoms with Crippen LogP contribution in [0.4, 0.5) is 0 Å². The maximum absolute atomic E-state index is 5.53. The molecule has 0 bridgehead atoms. The first kappa shape index (κ1) is 11.8. The lowest BCUT2D eigenvalue weighted by Crippen LogP contribution is -2.15. The molecule has 1 aliphatic rings. The van der Waals surface area contributed by atoms with Gasteiger partial charge in [0, 0.05) is 25.4 Å². The third kappa shape index (κ3) is 1.91. The molecule has 0 amide bonds. The van der Waals surface area contributed by atoms with E-state index in [1.165, 1.54) is 5.82 Å². The summed E-state index contributed by atoms with van der Waals surface area (Å²) >= 11 is 0. The molecular weight excluding hydrogens is 197 g/mol. The summed E-state index contributed by atoms with van der Waals surface area (Å²) in [4.78, 5) is 4.20. The number of hydrogen-bond donors (Lipinski definition) is 1. The number of nitrogens with zero attached hydrogens (tertiary/aromatic N) is 2. The summed E-state index contributed by atoms with van der Waals surface area (Å²) in [6, 6.07) is 0. The van der Waals surface area contributed by atoms with Crippen LogP contribution in [0, 0.1) is 5.92 Å². The van der Waals surface area contributed by atoms with E-state index in [2.05, 4.69) is 9.55 Å². The van der Waals surface area contributed by atoms with Crippen LogP contribution in [0.1, 0.15) is 5.82 Å². The third-order valence-electron chi connectivity index (χ3n) is 2.06. The Balaban J connectivity index is 0.000000605. The van der Waals surface area contributed by atoms with Gasteiger partial charge in [-0.2, -0.15) is 0 Å². The molecule has 2 heterocycles. The van der Waals surface area contributed by atoms with E-state index in [1.807, 2.05) is 12.4 Å². The Bertz CT molecular complexity index is 216. The van der Waals surface area contributed by atoms with Crippen molar-refractivity contribution in [1.82, 2.24) is 9.55 Å². The molecule has 0 radical (unpaired) electrons. The van der Waals surface area contributed by atoms with E-state index in [1.54, 1.807) is 0 Å². The third-order valence-corrected chi connectivity index (χ3v) is 2.06. The highest BCUT2D eigenvalue weighted by Crippen LogP contribution is 2.16. The molecule has 0 aromatic carbocycles. The second-order valence-electron chi connectivity index (χ2n) is 2.80. The van der Waals surface area contributed by atoms with Crippen molar-refractivity contribution >= 4 is 24.8 Å². The molecule has 1 unspecified atom stereocenters. The van der Waals surface area contributed by atoms with Crippen molar-refractivity contribution in [2.24, 2.45) is 11.7 Å². The molecule has 1 aliphatic heterocycles. The normalized spacial score (nSPS) is 19.2. The van der Waals surface area contributed by atoms with E-state index in [9.17, 15) is 0 Å². The summed E-state index contributed by atoms with van der Waals surface area (Å²) < 4.78 is 2.18. The second-order valence-corrected chi connectivity index (χ2v) is 2.80. The van der Waals surface area contributed by atoms with Crippen LogP contribution >= 0.6 is 24.8 Å². The molecule has 0 saturated heterocycles. The van der Waals surface area contributed by atoms with Gasteiger partial charge in [-0.1, -0.05) is 0 Å². The number of rotatable bonds is 1. The molecule has 1 aromatic heterocycles. The monoisotopic (exact) mass is 209 g/mol. The lowest BCUT2D eigenvalue weighted by molar-refractivity contribution is 0.524. The van der Waals surface area contributed by atoms with Gasteiger partial charge in [-0.3, -0.25) is 0 Å². The van der Waals surface area contributed by atoms with Crippen LogP contribution in [0.25, 0.3) is 0 Å². The fourth-order valence-corrected chi connectivity index (χ4v) is 1.46. The predicted octanol–water partition coefficient (Wildman–Crippen LogP) is 0.858. The van der Waals surface area contributed by atoms with Crippen LogP contribution in [0.3, 0.4) is 0 Å². The Morgan fingerprint density at radius 2 is 2.33 bits per heavy atom. The maximum Gasteiger partial charge on any atom is 0.109 e. The highest BCUT2D eigenvalue weighted by Gasteiger charge is 2.19. The number of imidazole rings is 1. The van der Waals surface area contributed by atoms with Gasteiger partial charge in [-0.25, -0.2) is 4.98 Å². The molecule has 5 heteroatoms. The van der Waals surface area contributed by atoms with Crippen molar-refractivity contribution in [3.8, 4) is 0 Å². The molecule has 1 aromatic rings. The minimum absolute atomic E-state index is 0. The van der Waals surface area contributed by atoms with Gasteiger partial charge in [0.15, 0.2) is 0 Å². The Labute approximate surface area is 84.2 Å². The van der Waals surface area contributed by atoms with E-state index < -0.39 is 0 Å². The molecule has 2 N–H and O–H groups in total. The number of hydrogen-bond acceptors (Lipinski definition) is 2. The van der Waals surface area contributed by atoms with E-state index in [-0.39, 0.29) is 24.8 Å². The fraction of sp³-hybridized carbons (Fsp3) is 0.571. The number of aromatic nitrogens is 2. The number of nitrogens with two attached hydrogens (primary N) is 1. The van der Waals surface area contributed by atoms with E-state index in [0.29, 0.717) is 5.92 Å². The lowest BCUT2D eigenvalue weighted by Gasteiger charge is -2.01. The molecule has 1 atom stereocenters. The Morgan fingerprint density at radius 1 is 1.58 bits per heavy atom. The van der Waals surface area contributed by atoms with Crippen molar-refractivity contribution < 1.29 is 0 Å². The average molecular weight is 210 g/mol. The quantitative estimate of drug-likeness (QED) is 0.746. The van der Waals surface area contributed by atoms with Gasteiger partial charge in [0.2, 0.25) is 0 Å². The summed E-state index contributed by atoms with van der Waals surface area (Å²) in [5.74, 6) is 1.82. The molecule has 12 heavy (non-hydrogen) atoms. The van der Waals surface area contributed by atoms with E-state index >= 15 is 0 Å². The molecule has 0 saturated carbocycles. The molecule has 0 spiro atoms. The molecular formula is C7H13Cl2N3. The van der Waals surface area contributed by atoms with Crippen LogP contribution in [0.15, 0.2) is 12.4 Å². The molecule has 70 valence electrons. The van der Waals surface area contributed by atoms with E-state index in [4.69, 9.17) is 5.73 Å². The van der Waals surface area contributed by atoms with Gasteiger partial charge >= 0.3 is 0 Å². The van der Waals surface area contributed by atoms with E-state index in [0.717, 1.165) is 19.5 Å². The summed E-state index contributed by atoms with van der Waals surface area (Å²) in [5.41, 5.74) is 5.53. The largest absolute Gasteiger partial charge is 0.335 e. The van der Waals surface area contributed by atoms with Crippen LogP contribution in [-0.2, 0) is 13.0 Å². The van der Waals surface area contributed by atoms with Crippen LogP contribution in [0.5, 0.6) is 0 Å². The van der Waals surface area contributed by atoms with Crippen molar-refractivity contribution in [1.29, 1.82) is 0 Å². The summed E-state index contributed by atoms with van der Waals surface area (Å²) in [7, 11) is 0. The Kier molecular flexibility index (Phi) is 4.60. The van der Waals surface area contributed by atoms with Gasteiger partial charge < -0.3 is 10.3 Å². The predicted molar refractivity (Wildman–Crippen MR) is 53.0 cm³/mol. The van der Waals surface area contributed by atoms with Crippen LogP contribution < -0.4 is 5.73 Å². The van der Waals surface area contributed by atoms with Crippen LogP contribution in [0.2, 0.25) is 0 Å². The number of halogens is 2. The van der Waals surface area contributed by atoms with Crippen molar-refractivity contribution in [2.75, 3.05) is 6.54 Å². The van der Waals surface area contributed by atoms with Gasteiger partial charge in [-0.05, 0) is 12.5 Å². The smallest absolute Gasteiger partial charge is 0.109 e. The zero-order valence-corrected chi connectivity index (χ0v) is 8.27. The minimum Gasteiger partial charge on any atom is -0.335 e. The molecule has 2 rings (SSSR count).